The molecule has 1 rings (SSSR count). The summed E-state index contributed by atoms with van der Waals surface area (Å²) in [7, 11) is 0. The molecule has 2 nitrogen and oxygen atoms in total. The molecule has 17 heavy (non-hydrogen) atoms. The molecule has 1 aromatic carbocycles. The fourth-order valence-electron chi connectivity index (χ4n) is 2.05. The van der Waals surface area contributed by atoms with E-state index in [1.54, 1.807) is 0 Å². The Hall–Kier alpha value is -1.18. The molecule has 0 spiro atoms. The van der Waals surface area contributed by atoms with Crippen molar-refractivity contribution in [3.8, 4) is 11.5 Å². The lowest BCUT2D eigenvalue weighted by Crippen LogP contribution is -2.08. The first-order valence-corrected chi connectivity index (χ1v) is 6.48. The maximum atomic E-state index is 9.95. The minimum atomic E-state index is 0.402. The second kappa shape index (κ2) is 5.95. The zero-order chi connectivity index (χ0) is 13.0. The topological polar surface area (TPSA) is 29.5 Å². The van der Waals surface area contributed by atoms with Crippen molar-refractivity contribution in [2.75, 3.05) is 6.61 Å². The zero-order valence-corrected chi connectivity index (χ0v) is 11.6. The van der Waals surface area contributed by atoms with Crippen molar-refractivity contribution < 1.29 is 9.84 Å². The van der Waals surface area contributed by atoms with Crippen LogP contribution in [0.1, 0.15) is 44.4 Å². The minimum Gasteiger partial charge on any atom is -0.508 e. The molecular weight excluding hydrogens is 212 g/mol. The van der Waals surface area contributed by atoms with Gasteiger partial charge in [0.1, 0.15) is 11.5 Å². The molecule has 96 valence electrons. The highest BCUT2D eigenvalue weighted by Gasteiger charge is 2.14. The number of aryl methyl sites for hydroxylation is 1. The van der Waals surface area contributed by atoms with Crippen LogP contribution in [0.5, 0.6) is 11.5 Å². The van der Waals surface area contributed by atoms with Gasteiger partial charge in [0.05, 0.1) is 6.61 Å². The maximum absolute atomic E-state index is 9.95. The third kappa shape index (κ3) is 3.15. The molecule has 0 saturated carbocycles. The van der Waals surface area contributed by atoms with E-state index >= 15 is 0 Å². The van der Waals surface area contributed by atoms with Crippen molar-refractivity contribution in [3.05, 3.63) is 22.8 Å². The molecule has 0 fully saturated rings. The van der Waals surface area contributed by atoms with E-state index in [9.17, 15) is 5.11 Å². The van der Waals surface area contributed by atoms with Crippen molar-refractivity contribution in [2.45, 2.75) is 47.5 Å². The number of hydrogen-bond acceptors (Lipinski definition) is 2. The van der Waals surface area contributed by atoms with Crippen LogP contribution in [-0.2, 0) is 12.8 Å². The predicted molar refractivity (Wildman–Crippen MR) is 71.9 cm³/mol. The third-order valence-electron chi connectivity index (χ3n) is 3.00. The number of aromatic hydroxyl groups is 1. The van der Waals surface area contributed by atoms with Crippen LogP contribution < -0.4 is 4.74 Å². The van der Waals surface area contributed by atoms with Gasteiger partial charge in [-0.15, -0.1) is 0 Å². The number of rotatable bonds is 5. The molecular formula is C15H24O2. The summed E-state index contributed by atoms with van der Waals surface area (Å²) < 4.78 is 5.91. The average molecular weight is 236 g/mol. The summed E-state index contributed by atoms with van der Waals surface area (Å²) in [5.74, 6) is 1.88. The van der Waals surface area contributed by atoms with Crippen molar-refractivity contribution >= 4 is 0 Å². The molecule has 0 amide bonds. The lowest BCUT2D eigenvalue weighted by atomic mass is 9.99. The van der Waals surface area contributed by atoms with Gasteiger partial charge in [-0.25, -0.2) is 0 Å². The van der Waals surface area contributed by atoms with Crippen molar-refractivity contribution in [1.82, 2.24) is 0 Å². The number of hydrogen-bond donors (Lipinski definition) is 1. The van der Waals surface area contributed by atoms with Crippen LogP contribution >= 0.6 is 0 Å². The van der Waals surface area contributed by atoms with E-state index in [4.69, 9.17) is 4.74 Å². The summed E-state index contributed by atoms with van der Waals surface area (Å²) in [5.41, 5.74) is 3.18. The van der Waals surface area contributed by atoms with Crippen molar-refractivity contribution in [1.29, 1.82) is 0 Å². The molecule has 0 unspecified atom stereocenters. The molecule has 0 saturated heterocycles. The van der Waals surface area contributed by atoms with Crippen LogP contribution in [0.2, 0.25) is 0 Å². The zero-order valence-electron chi connectivity index (χ0n) is 11.6. The molecule has 0 atom stereocenters. The smallest absolute Gasteiger partial charge is 0.125 e. The summed E-state index contributed by atoms with van der Waals surface area (Å²) in [6, 6.07) is 1.85. The third-order valence-corrected chi connectivity index (χ3v) is 3.00. The highest BCUT2D eigenvalue weighted by Crippen LogP contribution is 2.34. The van der Waals surface area contributed by atoms with E-state index in [1.165, 1.54) is 0 Å². The van der Waals surface area contributed by atoms with E-state index in [2.05, 4.69) is 27.7 Å². The van der Waals surface area contributed by atoms with Crippen LogP contribution in [0.4, 0.5) is 0 Å². The molecule has 0 aromatic heterocycles. The molecule has 1 N–H and O–H groups in total. The van der Waals surface area contributed by atoms with E-state index < -0.39 is 0 Å². The number of phenols is 1. The Kier molecular flexibility index (Phi) is 4.86. The summed E-state index contributed by atoms with van der Waals surface area (Å²) in [6.45, 7) is 11.2. The Bertz CT molecular complexity index is 381. The Morgan fingerprint density at radius 1 is 1.24 bits per heavy atom. The van der Waals surface area contributed by atoms with Gasteiger partial charge in [-0.3, -0.25) is 0 Å². The van der Waals surface area contributed by atoms with E-state index in [-0.39, 0.29) is 0 Å². The maximum Gasteiger partial charge on any atom is 0.125 e. The summed E-state index contributed by atoms with van der Waals surface area (Å²) in [6.07, 6.45) is 1.71. The monoisotopic (exact) mass is 236 g/mol. The first-order valence-electron chi connectivity index (χ1n) is 6.48. The van der Waals surface area contributed by atoms with Gasteiger partial charge in [0.25, 0.3) is 0 Å². The summed E-state index contributed by atoms with van der Waals surface area (Å²) in [4.78, 5) is 0. The van der Waals surface area contributed by atoms with Gasteiger partial charge in [-0.05, 0) is 42.9 Å². The van der Waals surface area contributed by atoms with Crippen LogP contribution in [0, 0.1) is 12.8 Å². The van der Waals surface area contributed by atoms with E-state index in [0.29, 0.717) is 11.7 Å². The Morgan fingerprint density at radius 3 is 2.35 bits per heavy atom. The van der Waals surface area contributed by atoms with Crippen LogP contribution in [0.25, 0.3) is 0 Å². The molecule has 2 heteroatoms. The SMILES string of the molecule is CCc1cc(O)c(CC)c(C)c1OCC(C)C. The Labute approximate surface area is 105 Å². The fourth-order valence-corrected chi connectivity index (χ4v) is 2.05. The van der Waals surface area contributed by atoms with Gasteiger partial charge in [0.2, 0.25) is 0 Å². The number of phenolic OH excluding ortho intramolecular Hbond substituents is 1. The highest BCUT2D eigenvalue weighted by atomic mass is 16.5. The van der Waals surface area contributed by atoms with E-state index in [0.717, 1.165) is 41.9 Å². The summed E-state index contributed by atoms with van der Waals surface area (Å²) in [5, 5.41) is 9.95. The largest absolute Gasteiger partial charge is 0.508 e. The van der Waals surface area contributed by atoms with Gasteiger partial charge in [0, 0.05) is 5.56 Å². The van der Waals surface area contributed by atoms with Crippen LogP contribution in [-0.4, -0.2) is 11.7 Å². The Balaban J connectivity index is 3.15. The normalized spacial score (nSPS) is 10.9. The van der Waals surface area contributed by atoms with Gasteiger partial charge < -0.3 is 9.84 Å². The molecule has 0 aliphatic carbocycles. The van der Waals surface area contributed by atoms with Gasteiger partial charge in [0.15, 0.2) is 0 Å². The van der Waals surface area contributed by atoms with Gasteiger partial charge >= 0.3 is 0 Å². The average Bonchev–Trinajstić information content (AvgIpc) is 2.27. The van der Waals surface area contributed by atoms with Crippen molar-refractivity contribution in [2.24, 2.45) is 5.92 Å². The Morgan fingerprint density at radius 2 is 1.88 bits per heavy atom. The second-order valence-corrected chi connectivity index (χ2v) is 4.90. The minimum absolute atomic E-state index is 0.402. The van der Waals surface area contributed by atoms with E-state index in [1.807, 2.05) is 13.0 Å². The standard InChI is InChI=1S/C15H24O2/c1-6-12-8-14(16)13(7-2)11(5)15(12)17-9-10(3)4/h8,10,16H,6-7,9H2,1-5H3. The first-order chi connectivity index (χ1) is 8.01. The van der Waals surface area contributed by atoms with Crippen molar-refractivity contribution in [3.63, 3.8) is 0 Å². The quantitative estimate of drug-likeness (QED) is 0.841. The van der Waals surface area contributed by atoms with Gasteiger partial charge in [-0.2, -0.15) is 0 Å². The van der Waals surface area contributed by atoms with Gasteiger partial charge in [-0.1, -0.05) is 27.7 Å². The molecule has 1 aromatic rings. The molecule has 0 aliphatic rings. The summed E-state index contributed by atoms with van der Waals surface area (Å²) >= 11 is 0. The number of ether oxygens (including phenoxy) is 1. The van der Waals surface area contributed by atoms with Crippen LogP contribution in [0.3, 0.4) is 0 Å². The lowest BCUT2D eigenvalue weighted by Gasteiger charge is -2.18. The van der Waals surface area contributed by atoms with Crippen LogP contribution in [0.15, 0.2) is 6.07 Å². The molecule has 0 heterocycles. The molecule has 0 radical (unpaired) electrons. The molecule has 0 bridgehead atoms. The highest BCUT2D eigenvalue weighted by molar-refractivity contribution is 5.52. The number of benzene rings is 1. The lowest BCUT2D eigenvalue weighted by molar-refractivity contribution is 0.266. The molecule has 0 aliphatic heterocycles. The second-order valence-electron chi connectivity index (χ2n) is 4.90. The fraction of sp³-hybridized carbons (Fsp3) is 0.600. The predicted octanol–water partition coefficient (Wildman–Crippen LogP) is 3.86. The first kappa shape index (κ1) is 13.9.